The fourth-order valence-electron chi connectivity index (χ4n) is 2.06. The van der Waals surface area contributed by atoms with Crippen LogP contribution in [0.3, 0.4) is 0 Å². The summed E-state index contributed by atoms with van der Waals surface area (Å²) in [6.45, 7) is 2.84. The van der Waals surface area contributed by atoms with Crippen molar-refractivity contribution in [3.63, 3.8) is 0 Å². The highest BCUT2D eigenvalue weighted by Crippen LogP contribution is 2.39. The first-order chi connectivity index (χ1) is 8.13. The van der Waals surface area contributed by atoms with Gasteiger partial charge in [0.2, 0.25) is 0 Å². The van der Waals surface area contributed by atoms with Crippen LogP contribution in [0.15, 0.2) is 16.6 Å². The van der Waals surface area contributed by atoms with E-state index in [9.17, 15) is 8.78 Å². The van der Waals surface area contributed by atoms with Gasteiger partial charge >= 0.3 is 0 Å². The van der Waals surface area contributed by atoms with Crippen LogP contribution >= 0.6 is 15.9 Å². The van der Waals surface area contributed by atoms with E-state index in [2.05, 4.69) is 21.2 Å². The third-order valence-electron chi connectivity index (χ3n) is 3.16. The van der Waals surface area contributed by atoms with Crippen LogP contribution in [-0.4, -0.2) is 6.54 Å². The van der Waals surface area contributed by atoms with E-state index >= 15 is 0 Å². The van der Waals surface area contributed by atoms with Crippen LogP contribution in [0.4, 0.5) is 8.78 Å². The van der Waals surface area contributed by atoms with Crippen molar-refractivity contribution in [3.05, 3.63) is 33.8 Å². The molecule has 2 rings (SSSR count). The molecule has 0 saturated heterocycles. The molecule has 1 aliphatic rings. The molecule has 1 unspecified atom stereocenters. The maximum Gasteiger partial charge on any atom is 0.173 e. The molecule has 1 atom stereocenters. The molecule has 1 aromatic rings. The van der Waals surface area contributed by atoms with Gasteiger partial charge in [0.1, 0.15) is 0 Å². The van der Waals surface area contributed by atoms with Crippen molar-refractivity contribution in [1.82, 2.24) is 5.32 Å². The van der Waals surface area contributed by atoms with Crippen molar-refractivity contribution in [2.45, 2.75) is 32.2 Å². The highest BCUT2D eigenvalue weighted by atomic mass is 79.9. The maximum absolute atomic E-state index is 13.5. The predicted molar refractivity (Wildman–Crippen MR) is 67.8 cm³/mol. The molecule has 1 nitrogen and oxygen atoms in total. The number of benzene rings is 1. The van der Waals surface area contributed by atoms with Crippen molar-refractivity contribution in [1.29, 1.82) is 0 Å². The normalized spacial score (nSPS) is 17.2. The molecule has 0 amide bonds. The van der Waals surface area contributed by atoms with Gasteiger partial charge in [0.05, 0.1) is 4.47 Å². The Morgan fingerprint density at radius 3 is 2.71 bits per heavy atom. The molecule has 1 saturated carbocycles. The number of nitrogens with one attached hydrogen (secondary N) is 1. The minimum Gasteiger partial charge on any atom is -0.310 e. The quantitative estimate of drug-likeness (QED) is 0.805. The Morgan fingerprint density at radius 1 is 1.41 bits per heavy atom. The van der Waals surface area contributed by atoms with Gasteiger partial charge in [-0.25, -0.2) is 8.78 Å². The van der Waals surface area contributed by atoms with E-state index in [0.717, 1.165) is 24.4 Å². The van der Waals surface area contributed by atoms with Crippen LogP contribution in [0.2, 0.25) is 0 Å². The minimum atomic E-state index is -0.803. The summed E-state index contributed by atoms with van der Waals surface area (Å²) in [6.07, 6.45) is 3.50. The van der Waals surface area contributed by atoms with E-state index in [4.69, 9.17) is 0 Å². The van der Waals surface area contributed by atoms with E-state index in [-0.39, 0.29) is 10.5 Å². The van der Waals surface area contributed by atoms with Gasteiger partial charge in [-0.05, 0) is 46.4 Å². The monoisotopic (exact) mass is 303 g/mol. The van der Waals surface area contributed by atoms with E-state index in [1.807, 2.05) is 6.92 Å². The predicted octanol–water partition coefficient (Wildman–Crippen LogP) is 4.18. The van der Waals surface area contributed by atoms with Gasteiger partial charge in [-0.3, -0.25) is 0 Å². The Kier molecular flexibility index (Phi) is 4.15. The lowest BCUT2D eigenvalue weighted by Crippen LogP contribution is -2.22. The summed E-state index contributed by atoms with van der Waals surface area (Å²) in [6, 6.07) is 2.97. The molecule has 1 aromatic carbocycles. The second kappa shape index (κ2) is 5.44. The minimum absolute atomic E-state index is 0.108. The third kappa shape index (κ3) is 3.05. The number of halogens is 3. The van der Waals surface area contributed by atoms with Crippen LogP contribution in [-0.2, 0) is 0 Å². The molecule has 0 spiro atoms. The molecule has 0 bridgehead atoms. The highest BCUT2D eigenvalue weighted by Gasteiger charge is 2.27. The second-order valence-electron chi connectivity index (χ2n) is 4.55. The lowest BCUT2D eigenvalue weighted by Gasteiger charge is -2.20. The zero-order chi connectivity index (χ0) is 12.4. The molecule has 94 valence electrons. The largest absolute Gasteiger partial charge is 0.310 e. The van der Waals surface area contributed by atoms with E-state index in [1.54, 1.807) is 6.07 Å². The lowest BCUT2D eigenvalue weighted by atomic mass is 10.0. The molecular weight excluding hydrogens is 288 g/mol. The van der Waals surface area contributed by atoms with Crippen molar-refractivity contribution >= 4 is 15.9 Å². The molecule has 1 aliphatic carbocycles. The zero-order valence-electron chi connectivity index (χ0n) is 9.77. The van der Waals surface area contributed by atoms with Gasteiger partial charge in [-0.2, -0.15) is 0 Å². The summed E-state index contributed by atoms with van der Waals surface area (Å²) >= 11 is 3.16. The van der Waals surface area contributed by atoms with Crippen LogP contribution in [0.1, 0.15) is 37.8 Å². The number of rotatable bonds is 5. The molecule has 4 heteroatoms. The van der Waals surface area contributed by atoms with Gasteiger partial charge in [-0.1, -0.05) is 25.8 Å². The van der Waals surface area contributed by atoms with Gasteiger partial charge in [-0.15, -0.1) is 0 Å². The summed E-state index contributed by atoms with van der Waals surface area (Å²) in [7, 11) is 0. The Bertz CT molecular complexity index is 405. The lowest BCUT2D eigenvalue weighted by molar-refractivity contribution is 0.468. The number of hydrogen-bond donors (Lipinski definition) is 1. The molecule has 0 aliphatic heterocycles. The summed E-state index contributed by atoms with van der Waals surface area (Å²) < 4.78 is 26.8. The van der Waals surface area contributed by atoms with Crippen LogP contribution in [0.5, 0.6) is 0 Å². The summed E-state index contributed by atoms with van der Waals surface area (Å²) in [5.41, 5.74) is 0.817. The Labute approximate surface area is 109 Å². The van der Waals surface area contributed by atoms with E-state index in [0.29, 0.717) is 0 Å². The van der Waals surface area contributed by atoms with Gasteiger partial charge in [0.25, 0.3) is 0 Å². The van der Waals surface area contributed by atoms with Crippen LogP contribution in [0.25, 0.3) is 0 Å². The summed E-state index contributed by atoms with van der Waals surface area (Å²) in [4.78, 5) is 0. The molecule has 1 fully saturated rings. The Hall–Kier alpha value is -0.480. The molecule has 1 N–H and O–H groups in total. The average Bonchev–Trinajstić information content (AvgIpc) is 3.10. The summed E-state index contributed by atoms with van der Waals surface area (Å²) in [5.74, 6) is -0.859. The molecule has 0 aromatic heterocycles. The van der Waals surface area contributed by atoms with Gasteiger partial charge in [0, 0.05) is 6.04 Å². The van der Waals surface area contributed by atoms with Crippen molar-refractivity contribution in [2.24, 2.45) is 5.92 Å². The topological polar surface area (TPSA) is 12.0 Å². The fraction of sp³-hybridized carbons (Fsp3) is 0.538. The zero-order valence-corrected chi connectivity index (χ0v) is 11.4. The van der Waals surface area contributed by atoms with Gasteiger partial charge < -0.3 is 5.32 Å². The smallest absolute Gasteiger partial charge is 0.173 e. The fourth-order valence-corrected chi connectivity index (χ4v) is 2.66. The molecular formula is C13H16BrF2N. The first-order valence-electron chi connectivity index (χ1n) is 6.00. The first kappa shape index (κ1) is 13.0. The average molecular weight is 304 g/mol. The van der Waals surface area contributed by atoms with E-state index < -0.39 is 11.6 Å². The van der Waals surface area contributed by atoms with Crippen molar-refractivity contribution in [2.75, 3.05) is 6.54 Å². The van der Waals surface area contributed by atoms with Crippen molar-refractivity contribution in [3.8, 4) is 0 Å². The standard InChI is InChI=1S/C13H16BrF2N/c1-2-17-11(7-8-3-4-8)9-5-6-10(15)13(16)12(9)14/h5-6,8,11,17H,2-4,7H2,1H3. The Morgan fingerprint density at radius 2 is 2.12 bits per heavy atom. The Balaban J connectivity index is 2.24. The number of hydrogen-bond acceptors (Lipinski definition) is 1. The first-order valence-corrected chi connectivity index (χ1v) is 6.79. The molecule has 0 radical (unpaired) electrons. The molecule has 17 heavy (non-hydrogen) atoms. The molecule has 0 heterocycles. The highest BCUT2D eigenvalue weighted by molar-refractivity contribution is 9.10. The van der Waals surface area contributed by atoms with Crippen LogP contribution in [0, 0.1) is 17.6 Å². The second-order valence-corrected chi connectivity index (χ2v) is 5.35. The van der Waals surface area contributed by atoms with Crippen molar-refractivity contribution < 1.29 is 8.78 Å². The third-order valence-corrected chi connectivity index (χ3v) is 3.96. The van der Waals surface area contributed by atoms with E-state index in [1.165, 1.54) is 18.9 Å². The summed E-state index contributed by atoms with van der Waals surface area (Å²) in [5, 5.41) is 3.34. The SMILES string of the molecule is CCNC(CC1CC1)c1ccc(F)c(F)c1Br. The van der Waals surface area contributed by atoms with Crippen LogP contribution < -0.4 is 5.32 Å². The van der Waals surface area contributed by atoms with Gasteiger partial charge in [0.15, 0.2) is 11.6 Å². The maximum atomic E-state index is 13.5.